The minimum absolute atomic E-state index is 0.0660. The molecule has 1 atom stereocenters. The van der Waals surface area contributed by atoms with Crippen molar-refractivity contribution in [3.05, 3.63) is 83.7 Å². The highest BCUT2D eigenvalue weighted by molar-refractivity contribution is 5.96. The average Bonchev–Trinajstić information content (AvgIpc) is 3.42. The van der Waals surface area contributed by atoms with Crippen molar-refractivity contribution in [2.45, 2.75) is 31.5 Å². The molecule has 0 saturated carbocycles. The minimum atomic E-state index is -0.802. The first-order valence-corrected chi connectivity index (χ1v) is 12.0. The molecule has 1 aromatic heterocycles. The van der Waals surface area contributed by atoms with E-state index in [-0.39, 0.29) is 30.2 Å². The Morgan fingerprint density at radius 3 is 2.58 bits per heavy atom. The Labute approximate surface area is 210 Å². The number of aromatic nitrogens is 2. The monoisotopic (exact) mass is 488 g/mol. The van der Waals surface area contributed by atoms with Crippen LogP contribution in [0.2, 0.25) is 0 Å². The molecule has 1 aliphatic rings. The number of likely N-dealkylation sites (tertiary alicyclic amines) is 1. The second-order valence-electron chi connectivity index (χ2n) is 8.91. The molecule has 0 spiro atoms. The summed E-state index contributed by atoms with van der Waals surface area (Å²) in [6, 6.07) is 18.3. The molecule has 1 fully saturated rings. The number of amides is 2. The summed E-state index contributed by atoms with van der Waals surface area (Å²) in [5.41, 5.74) is 8.57. The lowest BCUT2D eigenvalue weighted by molar-refractivity contribution is -0.127. The van der Waals surface area contributed by atoms with Crippen LogP contribution in [0.1, 0.15) is 35.7 Å². The van der Waals surface area contributed by atoms with Gasteiger partial charge >= 0.3 is 0 Å². The summed E-state index contributed by atoms with van der Waals surface area (Å²) < 4.78 is 0. The first-order chi connectivity index (χ1) is 17.5. The standard InChI is InChI=1S/C26H32N8O2/c27-25(28)19-7-4-8-21(15-19)32-24(22-9-12-30-33-22)26(36)29-16-23(35)31-20-10-13-34(14-11-20)17-18-5-2-1-3-6-18/h1-9,12,15,20,24,32H,10-11,13-14,16-17H2,(H3,27,28)(H,29,36)(H,30,33)(H,31,35). The molecule has 1 aliphatic heterocycles. The Bertz CT molecular complexity index is 1160. The molecule has 0 aliphatic carbocycles. The van der Waals surface area contributed by atoms with Gasteiger partial charge in [-0.3, -0.25) is 25.0 Å². The summed E-state index contributed by atoms with van der Waals surface area (Å²) in [4.78, 5) is 28.0. The van der Waals surface area contributed by atoms with E-state index >= 15 is 0 Å². The fraction of sp³-hybridized carbons (Fsp3) is 0.308. The molecule has 36 heavy (non-hydrogen) atoms. The largest absolute Gasteiger partial charge is 0.384 e. The quantitative estimate of drug-likeness (QED) is 0.189. The van der Waals surface area contributed by atoms with E-state index in [0.29, 0.717) is 16.9 Å². The average molecular weight is 489 g/mol. The molecule has 188 valence electrons. The Balaban J connectivity index is 1.26. The molecule has 4 rings (SSSR count). The molecule has 10 heteroatoms. The van der Waals surface area contributed by atoms with Gasteiger partial charge in [-0.1, -0.05) is 42.5 Å². The van der Waals surface area contributed by atoms with Gasteiger partial charge in [-0.05, 0) is 36.6 Å². The maximum atomic E-state index is 13.0. The summed E-state index contributed by atoms with van der Waals surface area (Å²) in [6.07, 6.45) is 3.30. The highest BCUT2D eigenvalue weighted by Gasteiger charge is 2.24. The Hall–Kier alpha value is -4.18. The van der Waals surface area contributed by atoms with E-state index in [1.165, 1.54) is 5.56 Å². The van der Waals surface area contributed by atoms with Crippen LogP contribution in [0, 0.1) is 5.41 Å². The van der Waals surface area contributed by atoms with Crippen LogP contribution in [0.4, 0.5) is 5.69 Å². The number of H-pyrrole nitrogens is 1. The van der Waals surface area contributed by atoms with Crippen LogP contribution in [-0.4, -0.2) is 58.4 Å². The number of piperidine rings is 1. The zero-order valence-corrected chi connectivity index (χ0v) is 20.0. The number of anilines is 1. The van der Waals surface area contributed by atoms with E-state index in [4.69, 9.17) is 11.1 Å². The zero-order chi connectivity index (χ0) is 25.3. The second-order valence-corrected chi connectivity index (χ2v) is 8.91. The van der Waals surface area contributed by atoms with Crippen molar-refractivity contribution in [3.63, 3.8) is 0 Å². The van der Waals surface area contributed by atoms with Crippen LogP contribution < -0.4 is 21.7 Å². The molecular weight excluding hydrogens is 456 g/mol. The van der Waals surface area contributed by atoms with E-state index in [9.17, 15) is 9.59 Å². The van der Waals surface area contributed by atoms with Crippen LogP contribution in [0.15, 0.2) is 66.9 Å². The molecule has 0 radical (unpaired) electrons. The maximum absolute atomic E-state index is 13.0. The third-order valence-electron chi connectivity index (χ3n) is 6.20. The summed E-state index contributed by atoms with van der Waals surface area (Å²) >= 11 is 0. The number of benzene rings is 2. The number of hydrogen-bond acceptors (Lipinski definition) is 6. The fourth-order valence-corrected chi connectivity index (χ4v) is 4.28. The van der Waals surface area contributed by atoms with Gasteiger partial charge in [0.2, 0.25) is 11.8 Å². The Morgan fingerprint density at radius 1 is 1.11 bits per heavy atom. The van der Waals surface area contributed by atoms with Crippen molar-refractivity contribution in [1.29, 1.82) is 5.41 Å². The molecule has 7 N–H and O–H groups in total. The number of nitrogens with zero attached hydrogens (tertiary/aromatic N) is 2. The van der Waals surface area contributed by atoms with E-state index in [0.717, 1.165) is 32.5 Å². The third kappa shape index (κ3) is 6.92. The molecule has 1 saturated heterocycles. The van der Waals surface area contributed by atoms with Crippen LogP contribution in [-0.2, 0) is 16.1 Å². The summed E-state index contributed by atoms with van der Waals surface area (Å²) in [5, 5.41) is 23.3. The van der Waals surface area contributed by atoms with Gasteiger partial charge in [-0.15, -0.1) is 0 Å². The maximum Gasteiger partial charge on any atom is 0.249 e. The van der Waals surface area contributed by atoms with Crippen molar-refractivity contribution in [2.75, 3.05) is 25.0 Å². The van der Waals surface area contributed by atoms with Gasteiger partial charge in [-0.2, -0.15) is 5.10 Å². The highest BCUT2D eigenvalue weighted by atomic mass is 16.2. The Kier molecular flexibility index (Phi) is 8.30. The first kappa shape index (κ1) is 24.9. The number of hydrogen-bond donors (Lipinski definition) is 6. The summed E-state index contributed by atoms with van der Waals surface area (Å²) in [7, 11) is 0. The fourth-order valence-electron chi connectivity index (χ4n) is 4.28. The van der Waals surface area contributed by atoms with Crippen LogP contribution in [0.5, 0.6) is 0 Å². The number of nitrogens with two attached hydrogens (primary N) is 1. The normalized spacial score (nSPS) is 15.1. The number of rotatable bonds is 10. The van der Waals surface area contributed by atoms with Crippen LogP contribution >= 0.6 is 0 Å². The number of nitrogens with one attached hydrogen (secondary N) is 5. The van der Waals surface area contributed by atoms with Gasteiger partial charge < -0.3 is 21.7 Å². The first-order valence-electron chi connectivity index (χ1n) is 12.0. The van der Waals surface area contributed by atoms with E-state index in [2.05, 4.69) is 43.2 Å². The number of nitrogen functional groups attached to an aromatic ring is 1. The number of aromatic amines is 1. The lowest BCUT2D eigenvalue weighted by Crippen LogP contribution is -2.48. The van der Waals surface area contributed by atoms with Crippen molar-refractivity contribution < 1.29 is 9.59 Å². The van der Waals surface area contributed by atoms with E-state index in [1.807, 2.05) is 18.2 Å². The molecule has 0 bridgehead atoms. The summed E-state index contributed by atoms with van der Waals surface area (Å²) in [6.45, 7) is 2.62. The van der Waals surface area contributed by atoms with Crippen molar-refractivity contribution in [2.24, 2.45) is 5.73 Å². The molecule has 10 nitrogen and oxygen atoms in total. The summed E-state index contributed by atoms with van der Waals surface area (Å²) in [5.74, 6) is -0.657. The van der Waals surface area contributed by atoms with Crippen molar-refractivity contribution in [1.82, 2.24) is 25.7 Å². The predicted octanol–water partition coefficient (Wildman–Crippen LogP) is 1.74. The number of carbonyl (C=O) groups is 2. The van der Waals surface area contributed by atoms with Gasteiger partial charge in [-0.25, -0.2) is 0 Å². The van der Waals surface area contributed by atoms with Gasteiger partial charge in [0.1, 0.15) is 11.9 Å². The minimum Gasteiger partial charge on any atom is -0.384 e. The smallest absolute Gasteiger partial charge is 0.249 e. The van der Waals surface area contributed by atoms with Crippen LogP contribution in [0.3, 0.4) is 0 Å². The highest BCUT2D eigenvalue weighted by Crippen LogP contribution is 2.19. The van der Waals surface area contributed by atoms with Crippen molar-refractivity contribution >= 4 is 23.3 Å². The van der Waals surface area contributed by atoms with Gasteiger partial charge in [0.15, 0.2) is 0 Å². The Morgan fingerprint density at radius 2 is 1.89 bits per heavy atom. The molecule has 2 amide bonds. The second kappa shape index (κ2) is 12.0. The third-order valence-corrected chi connectivity index (χ3v) is 6.20. The van der Waals surface area contributed by atoms with Gasteiger partial charge in [0, 0.05) is 43.1 Å². The topological polar surface area (TPSA) is 152 Å². The lowest BCUT2D eigenvalue weighted by Gasteiger charge is -2.32. The molecule has 3 aromatic rings. The van der Waals surface area contributed by atoms with E-state index in [1.54, 1.807) is 36.5 Å². The number of amidine groups is 1. The van der Waals surface area contributed by atoms with E-state index < -0.39 is 6.04 Å². The molecular formula is C26H32N8O2. The van der Waals surface area contributed by atoms with Crippen LogP contribution in [0.25, 0.3) is 0 Å². The van der Waals surface area contributed by atoms with Gasteiger partial charge in [0.25, 0.3) is 0 Å². The lowest BCUT2D eigenvalue weighted by atomic mass is 10.0. The predicted molar refractivity (Wildman–Crippen MR) is 138 cm³/mol. The van der Waals surface area contributed by atoms with Crippen molar-refractivity contribution in [3.8, 4) is 0 Å². The molecule has 2 aromatic carbocycles. The molecule has 1 unspecified atom stereocenters. The number of carbonyl (C=O) groups excluding carboxylic acids is 2. The molecule has 2 heterocycles. The zero-order valence-electron chi connectivity index (χ0n) is 20.0. The van der Waals surface area contributed by atoms with Gasteiger partial charge in [0.05, 0.1) is 12.2 Å². The SMILES string of the molecule is N=C(N)c1cccc(NC(C(=O)NCC(=O)NC2CCN(Cc3ccccc3)CC2)c2ccn[nH]2)c1.